The Bertz CT molecular complexity index is 860. The van der Waals surface area contributed by atoms with Crippen LogP contribution in [0.5, 0.6) is 0 Å². The number of carbonyl (C=O) groups is 1. The number of aryl methyl sites for hydroxylation is 1. The summed E-state index contributed by atoms with van der Waals surface area (Å²) in [6.45, 7) is 2.43. The van der Waals surface area contributed by atoms with E-state index in [0.717, 1.165) is 11.3 Å². The van der Waals surface area contributed by atoms with Gasteiger partial charge < -0.3 is 0 Å². The van der Waals surface area contributed by atoms with Gasteiger partial charge in [0, 0.05) is 17.3 Å². The van der Waals surface area contributed by atoms with Gasteiger partial charge in [0.15, 0.2) is 11.7 Å². The maximum absolute atomic E-state index is 12.5. The number of nitriles is 1. The van der Waals surface area contributed by atoms with Gasteiger partial charge in [-0.15, -0.1) is 11.3 Å². The fourth-order valence-electron chi connectivity index (χ4n) is 2.25. The molecule has 1 unspecified atom stereocenters. The molecule has 1 atom stereocenters. The van der Waals surface area contributed by atoms with Crippen LogP contribution in [0.25, 0.3) is 0 Å². The van der Waals surface area contributed by atoms with E-state index in [9.17, 15) is 10.1 Å². The number of hydrogen-bond acceptors (Lipinski definition) is 5. The number of carbonyl (C=O) groups excluding carboxylic acids is 1. The number of Topliss-reactive ketones (excluding diaryl/α,β-unsaturated/α-hetero) is 1. The summed E-state index contributed by atoms with van der Waals surface area (Å²) in [7, 11) is 0. The number of benzene rings is 1. The van der Waals surface area contributed by atoms with E-state index in [1.165, 1.54) is 17.5 Å². The predicted molar refractivity (Wildman–Crippen MR) is 87.3 cm³/mol. The van der Waals surface area contributed by atoms with E-state index in [4.69, 9.17) is 0 Å². The summed E-state index contributed by atoms with van der Waals surface area (Å²) in [4.78, 5) is 16.8. The normalized spacial score (nSPS) is 11.8. The van der Waals surface area contributed by atoms with Gasteiger partial charge in [0.1, 0.15) is 5.01 Å². The first-order chi connectivity index (χ1) is 11.2. The van der Waals surface area contributed by atoms with Crippen LogP contribution in [0.1, 0.15) is 32.5 Å². The van der Waals surface area contributed by atoms with Gasteiger partial charge in [-0.1, -0.05) is 30.3 Å². The summed E-state index contributed by atoms with van der Waals surface area (Å²) >= 11 is 1.33. The summed E-state index contributed by atoms with van der Waals surface area (Å²) in [5.41, 5.74) is 2.35. The van der Waals surface area contributed by atoms with E-state index in [-0.39, 0.29) is 5.78 Å². The molecule has 114 valence electrons. The van der Waals surface area contributed by atoms with Crippen LogP contribution in [0.15, 0.2) is 48.1 Å². The van der Waals surface area contributed by atoms with Crippen molar-refractivity contribution in [3.63, 3.8) is 0 Å². The molecule has 2 aromatic heterocycles. The van der Waals surface area contributed by atoms with E-state index in [2.05, 4.69) is 16.2 Å². The lowest BCUT2D eigenvalue weighted by Crippen LogP contribution is -2.10. The zero-order valence-corrected chi connectivity index (χ0v) is 13.3. The van der Waals surface area contributed by atoms with E-state index in [1.54, 1.807) is 10.9 Å². The van der Waals surface area contributed by atoms with Gasteiger partial charge in [-0.3, -0.25) is 9.48 Å². The molecule has 23 heavy (non-hydrogen) atoms. The molecule has 1 aromatic carbocycles. The van der Waals surface area contributed by atoms with Crippen LogP contribution in [0.3, 0.4) is 0 Å². The highest BCUT2D eigenvalue weighted by atomic mass is 32.1. The minimum Gasteiger partial charge on any atom is -0.292 e. The summed E-state index contributed by atoms with van der Waals surface area (Å²) in [6, 6.07) is 11.9. The number of hydrogen-bond donors (Lipinski definition) is 0. The Balaban J connectivity index is 1.79. The number of thiazole rings is 1. The first kappa shape index (κ1) is 15.1. The summed E-state index contributed by atoms with van der Waals surface area (Å²) in [5.74, 6) is -1.13. The van der Waals surface area contributed by atoms with Crippen molar-refractivity contribution >= 4 is 17.1 Å². The molecule has 0 radical (unpaired) electrons. The van der Waals surface area contributed by atoms with Gasteiger partial charge in [0.2, 0.25) is 0 Å². The lowest BCUT2D eigenvalue weighted by molar-refractivity contribution is 0.0978. The molecule has 0 bridgehead atoms. The number of rotatable bonds is 5. The average Bonchev–Trinajstić information content (AvgIpc) is 3.18. The van der Waals surface area contributed by atoms with Crippen LogP contribution < -0.4 is 0 Å². The fraction of sp³-hybridized carbons (Fsp3) is 0.176. The van der Waals surface area contributed by atoms with Crippen molar-refractivity contribution in [2.75, 3.05) is 0 Å². The molecular weight excluding hydrogens is 308 g/mol. The van der Waals surface area contributed by atoms with Gasteiger partial charge in [0.25, 0.3) is 0 Å². The van der Waals surface area contributed by atoms with Crippen molar-refractivity contribution in [2.24, 2.45) is 0 Å². The minimum absolute atomic E-state index is 0.263. The van der Waals surface area contributed by atoms with Crippen molar-refractivity contribution in [1.82, 2.24) is 14.8 Å². The zero-order valence-electron chi connectivity index (χ0n) is 12.5. The topological polar surface area (TPSA) is 71.6 Å². The highest BCUT2D eigenvalue weighted by Gasteiger charge is 2.25. The molecule has 0 aliphatic carbocycles. The third-order valence-electron chi connectivity index (χ3n) is 3.38. The molecule has 3 aromatic rings. The summed E-state index contributed by atoms with van der Waals surface area (Å²) < 4.78 is 1.70. The Kier molecular flexibility index (Phi) is 4.31. The van der Waals surface area contributed by atoms with Crippen molar-refractivity contribution in [3.8, 4) is 6.07 Å². The first-order valence-electron chi connectivity index (χ1n) is 7.09. The molecule has 6 heteroatoms. The molecule has 0 saturated heterocycles. The third-order valence-corrected chi connectivity index (χ3v) is 4.41. The molecule has 0 spiro atoms. The van der Waals surface area contributed by atoms with Crippen molar-refractivity contribution < 1.29 is 4.79 Å². The van der Waals surface area contributed by atoms with Gasteiger partial charge in [0.05, 0.1) is 24.4 Å². The van der Waals surface area contributed by atoms with Crippen LogP contribution in [0, 0.1) is 18.3 Å². The predicted octanol–water partition coefficient (Wildman–Crippen LogP) is 3.19. The Morgan fingerprint density at radius 2 is 2.17 bits per heavy atom. The lowest BCUT2D eigenvalue weighted by Gasteiger charge is -2.03. The smallest absolute Gasteiger partial charge is 0.190 e. The average molecular weight is 322 g/mol. The number of ketones is 1. The lowest BCUT2D eigenvalue weighted by atomic mass is 10.0. The second-order valence-electron chi connectivity index (χ2n) is 5.17. The van der Waals surface area contributed by atoms with Crippen molar-refractivity contribution in [3.05, 3.63) is 69.9 Å². The minimum atomic E-state index is -0.872. The largest absolute Gasteiger partial charge is 0.292 e. The van der Waals surface area contributed by atoms with Crippen LogP contribution in [0.4, 0.5) is 0 Å². The van der Waals surface area contributed by atoms with Gasteiger partial charge in [-0.2, -0.15) is 10.4 Å². The number of nitrogens with zero attached hydrogens (tertiary/aromatic N) is 4. The second kappa shape index (κ2) is 6.55. The van der Waals surface area contributed by atoms with Crippen LogP contribution >= 0.6 is 11.3 Å². The van der Waals surface area contributed by atoms with Gasteiger partial charge >= 0.3 is 0 Å². The zero-order chi connectivity index (χ0) is 16.2. The molecule has 5 nitrogen and oxygen atoms in total. The van der Waals surface area contributed by atoms with Crippen LogP contribution in [0.2, 0.25) is 0 Å². The Morgan fingerprint density at radius 3 is 2.83 bits per heavy atom. The first-order valence-corrected chi connectivity index (χ1v) is 7.97. The molecule has 0 amide bonds. The number of aromatic nitrogens is 3. The maximum Gasteiger partial charge on any atom is 0.190 e. The SMILES string of the molecule is Cc1csc(C(C#N)C(=O)c2cnn(Cc3ccccc3)c2)n1. The van der Waals surface area contributed by atoms with Gasteiger partial charge in [-0.05, 0) is 12.5 Å². The highest BCUT2D eigenvalue weighted by molar-refractivity contribution is 7.10. The molecule has 0 aliphatic heterocycles. The molecule has 0 fully saturated rings. The molecule has 0 saturated carbocycles. The molecule has 3 rings (SSSR count). The van der Waals surface area contributed by atoms with E-state index in [0.29, 0.717) is 17.1 Å². The Morgan fingerprint density at radius 1 is 1.39 bits per heavy atom. The Hall–Kier alpha value is -2.78. The van der Waals surface area contributed by atoms with Gasteiger partial charge in [-0.25, -0.2) is 4.98 Å². The third kappa shape index (κ3) is 3.35. The Labute approximate surface area is 137 Å². The monoisotopic (exact) mass is 322 g/mol. The van der Waals surface area contributed by atoms with Crippen LogP contribution in [-0.2, 0) is 6.54 Å². The van der Waals surface area contributed by atoms with E-state index >= 15 is 0 Å². The maximum atomic E-state index is 12.5. The van der Waals surface area contributed by atoms with Crippen molar-refractivity contribution in [2.45, 2.75) is 19.4 Å². The van der Waals surface area contributed by atoms with E-state index in [1.807, 2.05) is 42.6 Å². The van der Waals surface area contributed by atoms with Crippen LogP contribution in [-0.4, -0.2) is 20.5 Å². The standard InChI is InChI=1S/C17H14N4OS/c1-12-11-23-17(20-12)15(7-18)16(22)14-8-19-21(10-14)9-13-5-3-2-4-6-13/h2-6,8,10-11,15H,9H2,1H3. The second-order valence-corrected chi connectivity index (χ2v) is 6.06. The molecule has 0 aliphatic rings. The molecule has 2 heterocycles. The highest BCUT2D eigenvalue weighted by Crippen LogP contribution is 2.23. The fourth-order valence-corrected chi connectivity index (χ4v) is 3.08. The summed E-state index contributed by atoms with van der Waals surface area (Å²) in [6.07, 6.45) is 3.19. The van der Waals surface area contributed by atoms with E-state index < -0.39 is 5.92 Å². The molecule has 0 N–H and O–H groups in total. The summed E-state index contributed by atoms with van der Waals surface area (Å²) in [5, 5.41) is 15.9. The van der Waals surface area contributed by atoms with Crippen molar-refractivity contribution in [1.29, 1.82) is 5.26 Å². The molecular formula is C17H14N4OS. The quantitative estimate of drug-likeness (QED) is 0.676.